The van der Waals surface area contributed by atoms with Crippen molar-refractivity contribution in [3.63, 3.8) is 0 Å². The van der Waals surface area contributed by atoms with Crippen molar-refractivity contribution in [3.05, 3.63) is 29.8 Å². The van der Waals surface area contributed by atoms with Gasteiger partial charge in [-0.2, -0.15) is 4.98 Å². The van der Waals surface area contributed by atoms with Gasteiger partial charge in [0.25, 0.3) is 0 Å². The fraction of sp³-hybridized carbons (Fsp3) is 0.600. The summed E-state index contributed by atoms with van der Waals surface area (Å²) in [5.74, 6) is 3.27. The van der Waals surface area contributed by atoms with Crippen molar-refractivity contribution < 1.29 is 4.52 Å². The maximum Gasteiger partial charge on any atom is 0.213 e. The smallest absolute Gasteiger partial charge is 0.213 e. The highest BCUT2D eigenvalue weighted by molar-refractivity contribution is 5.48. The molecule has 2 aromatic heterocycles. The molecule has 116 valence electrons. The van der Waals surface area contributed by atoms with Crippen molar-refractivity contribution in [2.45, 2.75) is 20.4 Å². The summed E-state index contributed by atoms with van der Waals surface area (Å²) in [5, 5.41) is 3.90. The zero-order chi connectivity index (χ0) is 15.1. The van der Waals surface area contributed by atoms with Crippen molar-refractivity contribution >= 4 is 5.82 Å². The number of hydrogen-bond acceptors (Lipinski definition) is 7. The van der Waals surface area contributed by atoms with Crippen LogP contribution in [0.3, 0.4) is 0 Å². The van der Waals surface area contributed by atoms with Crippen LogP contribution in [0.15, 0.2) is 17.2 Å². The lowest BCUT2D eigenvalue weighted by atomic mass is 10.0. The second-order valence-corrected chi connectivity index (χ2v) is 6.37. The lowest BCUT2D eigenvalue weighted by molar-refractivity contribution is 0.293. The van der Waals surface area contributed by atoms with E-state index >= 15 is 0 Å². The molecule has 0 radical (unpaired) electrons. The summed E-state index contributed by atoms with van der Waals surface area (Å²) in [6, 6.07) is 0. The molecule has 0 spiro atoms. The van der Waals surface area contributed by atoms with E-state index in [1.54, 1.807) is 6.33 Å². The van der Waals surface area contributed by atoms with E-state index in [0.717, 1.165) is 50.1 Å². The van der Waals surface area contributed by atoms with Gasteiger partial charge in [-0.15, -0.1) is 0 Å². The molecule has 0 amide bonds. The van der Waals surface area contributed by atoms with Crippen molar-refractivity contribution in [2.75, 3.05) is 31.1 Å². The van der Waals surface area contributed by atoms with Crippen molar-refractivity contribution in [1.82, 2.24) is 25.0 Å². The van der Waals surface area contributed by atoms with E-state index < -0.39 is 0 Å². The van der Waals surface area contributed by atoms with Crippen LogP contribution in [0.5, 0.6) is 0 Å². The Balaban J connectivity index is 1.42. The minimum atomic E-state index is 0.696. The first-order valence-electron chi connectivity index (χ1n) is 7.71. The van der Waals surface area contributed by atoms with Gasteiger partial charge in [0.05, 0.1) is 6.54 Å². The summed E-state index contributed by atoms with van der Waals surface area (Å²) in [5.41, 5.74) is 2.27. The van der Waals surface area contributed by atoms with Crippen LogP contribution in [-0.4, -0.2) is 51.2 Å². The molecule has 4 heterocycles. The lowest BCUT2D eigenvalue weighted by Gasteiger charge is -2.23. The van der Waals surface area contributed by atoms with Gasteiger partial charge in [0.1, 0.15) is 12.1 Å². The molecule has 2 saturated heterocycles. The number of aromatic nitrogens is 4. The maximum atomic E-state index is 4.81. The summed E-state index contributed by atoms with van der Waals surface area (Å²) in [4.78, 5) is 17.7. The number of likely N-dealkylation sites (tertiary alicyclic amines) is 1. The van der Waals surface area contributed by atoms with E-state index in [0.29, 0.717) is 11.8 Å². The van der Waals surface area contributed by atoms with Gasteiger partial charge in [-0.3, -0.25) is 4.90 Å². The molecule has 0 aromatic carbocycles. The summed E-state index contributed by atoms with van der Waals surface area (Å²) >= 11 is 0. The zero-order valence-electron chi connectivity index (χ0n) is 12.9. The summed E-state index contributed by atoms with van der Waals surface area (Å²) < 4.78 is 4.81. The molecule has 2 unspecified atom stereocenters. The molecule has 22 heavy (non-hydrogen) atoms. The average molecular weight is 300 g/mol. The quantitative estimate of drug-likeness (QED) is 0.838. The Morgan fingerprint density at radius 1 is 1.09 bits per heavy atom. The number of aryl methyl sites for hydroxylation is 1. The number of nitrogens with zero attached hydrogens (tertiary/aromatic N) is 6. The third-order valence-electron chi connectivity index (χ3n) is 4.94. The predicted molar refractivity (Wildman–Crippen MR) is 80.3 cm³/mol. The molecule has 0 aliphatic carbocycles. The third-order valence-corrected chi connectivity index (χ3v) is 4.94. The molecule has 0 bridgehead atoms. The minimum absolute atomic E-state index is 0.696. The van der Waals surface area contributed by atoms with Crippen LogP contribution in [-0.2, 0) is 6.54 Å². The van der Waals surface area contributed by atoms with Crippen molar-refractivity contribution in [3.8, 4) is 0 Å². The monoisotopic (exact) mass is 300 g/mol. The van der Waals surface area contributed by atoms with Gasteiger partial charge in [0.15, 0.2) is 5.82 Å². The molecule has 7 heteroatoms. The van der Waals surface area contributed by atoms with Crippen LogP contribution < -0.4 is 4.90 Å². The molecule has 2 fully saturated rings. The highest BCUT2D eigenvalue weighted by Crippen LogP contribution is 2.34. The molecule has 2 aliphatic rings. The van der Waals surface area contributed by atoms with Gasteiger partial charge in [0, 0.05) is 37.4 Å². The number of hydrogen-bond donors (Lipinski definition) is 0. The number of fused-ring (bicyclic) bond motifs is 1. The van der Waals surface area contributed by atoms with E-state index in [4.69, 9.17) is 4.52 Å². The van der Waals surface area contributed by atoms with Crippen LogP contribution >= 0.6 is 0 Å². The van der Waals surface area contributed by atoms with Crippen LogP contribution in [0.2, 0.25) is 0 Å². The molecule has 7 nitrogen and oxygen atoms in total. The van der Waals surface area contributed by atoms with Gasteiger partial charge >= 0.3 is 0 Å². The fourth-order valence-corrected chi connectivity index (χ4v) is 3.70. The van der Waals surface area contributed by atoms with Gasteiger partial charge in [-0.1, -0.05) is 5.16 Å². The molecule has 2 atom stereocenters. The SMILES string of the molecule is Cc1ncnc(N2CC3CN(Cc4ncon4)CC3C2)c1C. The number of anilines is 1. The Kier molecular flexibility index (Phi) is 3.29. The Morgan fingerprint density at radius 2 is 1.86 bits per heavy atom. The minimum Gasteiger partial charge on any atom is -0.356 e. The zero-order valence-corrected chi connectivity index (χ0v) is 12.9. The second-order valence-electron chi connectivity index (χ2n) is 6.37. The third kappa shape index (κ3) is 2.35. The Labute approximate surface area is 129 Å². The predicted octanol–water partition coefficient (Wildman–Crippen LogP) is 1.04. The van der Waals surface area contributed by atoms with E-state index in [1.165, 1.54) is 12.0 Å². The maximum absolute atomic E-state index is 4.81. The van der Waals surface area contributed by atoms with Crippen LogP contribution in [0.25, 0.3) is 0 Å². The van der Waals surface area contributed by atoms with Gasteiger partial charge in [0.2, 0.25) is 6.39 Å². The van der Waals surface area contributed by atoms with Crippen molar-refractivity contribution in [2.24, 2.45) is 11.8 Å². The number of rotatable bonds is 3. The summed E-state index contributed by atoms with van der Waals surface area (Å²) in [6.07, 6.45) is 3.07. The molecule has 0 saturated carbocycles. The van der Waals surface area contributed by atoms with Gasteiger partial charge in [-0.25, -0.2) is 9.97 Å². The van der Waals surface area contributed by atoms with E-state index in [-0.39, 0.29) is 0 Å². The van der Waals surface area contributed by atoms with Crippen molar-refractivity contribution in [1.29, 1.82) is 0 Å². The largest absolute Gasteiger partial charge is 0.356 e. The Bertz CT molecular complexity index is 644. The molecule has 4 rings (SSSR count). The Hall–Kier alpha value is -2.02. The molecule has 2 aromatic rings. The van der Waals surface area contributed by atoms with E-state index in [1.807, 2.05) is 6.92 Å². The normalized spacial score (nSPS) is 24.9. The second kappa shape index (κ2) is 5.31. The molecular formula is C15H20N6O. The van der Waals surface area contributed by atoms with E-state index in [9.17, 15) is 0 Å². The Morgan fingerprint density at radius 3 is 2.55 bits per heavy atom. The highest BCUT2D eigenvalue weighted by Gasteiger charge is 2.40. The molecule has 2 aliphatic heterocycles. The standard InChI is InChI=1S/C15H20N6O/c1-10-11(2)16-8-17-15(10)21-5-12-3-20(4-13(12)6-21)7-14-18-9-22-19-14/h8-9,12-13H,3-7H2,1-2H3. The highest BCUT2D eigenvalue weighted by atomic mass is 16.5. The molecular weight excluding hydrogens is 280 g/mol. The van der Waals surface area contributed by atoms with Gasteiger partial charge < -0.3 is 9.42 Å². The fourth-order valence-electron chi connectivity index (χ4n) is 3.70. The van der Waals surface area contributed by atoms with Gasteiger partial charge in [-0.05, 0) is 25.7 Å². The summed E-state index contributed by atoms with van der Waals surface area (Å²) in [7, 11) is 0. The average Bonchev–Trinajstić information content (AvgIpc) is 3.18. The first-order chi connectivity index (χ1) is 10.7. The van der Waals surface area contributed by atoms with Crippen LogP contribution in [0.4, 0.5) is 5.82 Å². The van der Waals surface area contributed by atoms with Crippen LogP contribution in [0.1, 0.15) is 17.1 Å². The van der Waals surface area contributed by atoms with E-state index in [2.05, 4.69) is 36.8 Å². The first-order valence-corrected chi connectivity index (χ1v) is 7.71. The first kappa shape index (κ1) is 13.6. The summed E-state index contributed by atoms with van der Waals surface area (Å²) in [6.45, 7) is 9.29. The molecule has 0 N–H and O–H groups in total. The topological polar surface area (TPSA) is 71.2 Å². The van der Waals surface area contributed by atoms with Crippen LogP contribution in [0, 0.1) is 25.7 Å². The lowest BCUT2D eigenvalue weighted by Crippen LogP contribution is -2.29.